The zero-order valence-corrected chi connectivity index (χ0v) is 23.4. The van der Waals surface area contributed by atoms with Crippen LogP contribution in [-0.2, 0) is 0 Å². The molecule has 2 saturated carbocycles. The second kappa shape index (κ2) is 17.0. The molecule has 1 heterocycles. The van der Waals surface area contributed by atoms with Crippen LogP contribution in [0.2, 0.25) is 0 Å². The lowest BCUT2D eigenvalue weighted by Gasteiger charge is -2.35. The number of nitrogens with zero attached hydrogens (tertiary/aromatic N) is 2. The summed E-state index contributed by atoms with van der Waals surface area (Å²) in [7, 11) is 0. The van der Waals surface area contributed by atoms with E-state index in [9.17, 15) is 0 Å². The van der Waals surface area contributed by atoms with Gasteiger partial charge < -0.3 is 0 Å². The van der Waals surface area contributed by atoms with E-state index in [-0.39, 0.29) is 0 Å². The topological polar surface area (TPSA) is 15.6 Å². The van der Waals surface area contributed by atoms with Crippen LogP contribution in [0.3, 0.4) is 0 Å². The molecule has 0 bridgehead atoms. The molecule has 0 aromatic rings. The van der Waals surface area contributed by atoms with Crippen molar-refractivity contribution in [3.05, 3.63) is 0 Å². The molecule has 1 aliphatic heterocycles. The van der Waals surface area contributed by atoms with Crippen molar-refractivity contribution in [2.75, 3.05) is 0 Å². The molecule has 0 N–H and O–H groups in total. The Labute approximate surface area is 214 Å². The first-order valence-corrected chi connectivity index (χ1v) is 16.2. The molecule has 198 valence electrons. The highest BCUT2D eigenvalue weighted by Crippen LogP contribution is 2.39. The highest BCUT2D eigenvalue weighted by molar-refractivity contribution is 5.90. The molecule has 2 heteroatoms. The Morgan fingerprint density at radius 1 is 0.588 bits per heavy atom. The minimum absolute atomic E-state index is 0.701. The predicted octanol–water partition coefficient (Wildman–Crippen LogP) is 10.4. The van der Waals surface area contributed by atoms with Gasteiger partial charge in [-0.2, -0.15) is 5.10 Å². The van der Waals surface area contributed by atoms with E-state index in [0.29, 0.717) is 12.1 Å². The molecular formula is C32H60N2. The molecule has 2 unspecified atom stereocenters. The third kappa shape index (κ3) is 9.16. The largest absolute Gasteiger partial charge is 0.290 e. The molecule has 2 nitrogen and oxygen atoms in total. The van der Waals surface area contributed by atoms with Crippen molar-refractivity contribution in [3.63, 3.8) is 0 Å². The van der Waals surface area contributed by atoms with Crippen LogP contribution in [0.15, 0.2) is 5.10 Å². The van der Waals surface area contributed by atoms with E-state index in [1.54, 1.807) is 5.71 Å². The van der Waals surface area contributed by atoms with E-state index in [1.165, 1.54) is 161 Å². The normalized spacial score (nSPS) is 27.8. The summed E-state index contributed by atoms with van der Waals surface area (Å²) >= 11 is 0. The quantitative estimate of drug-likeness (QED) is 0.343. The number of unbranched alkanes of at least 4 members (excludes halogenated alkanes) is 2. The van der Waals surface area contributed by atoms with Gasteiger partial charge in [-0.1, -0.05) is 136 Å². The van der Waals surface area contributed by atoms with Crippen molar-refractivity contribution in [1.29, 1.82) is 0 Å². The van der Waals surface area contributed by atoms with Gasteiger partial charge in [0.15, 0.2) is 0 Å². The second-order valence-corrected chi connectivity index (χ2v) is 12.2. The van der Waals surface area contributed by atoms with Crippen LogP contribution in [0.25, 0.3) is 0 Å². The van der Waals surface area contributed by atoms with Gasteiger partial charge in [-0.15, -0.1) is 0 Å². The first-order valence-electron chi connectivity index (χ1n) is 16.2. The molecule has 0 saturated heterocycles. The molecule has 0 radical (unpaired) electrons. The van der Waals surface area contributed by atoms with E-state index < -0.39 is 0 Å². The highest BCUT2D eigenvalue weighted by atomic mass is 15.5. The number of hydrogen-bond acceptors (Lipinski definition) is 2. The van der Waals surface area contributed by atoms with Crippen LogP contribution in [0, 0.1) is 11.8 Å². The third-order valence-electron chi connectivity index (χ3n) is 9.36. The van der Waals surface area contributed by atoms with Crippen LogP contribution in [0.5, 0.6) is 0 Å². The summed E-state index contributed by atoms with van der Waals surface area (Å²) in [4.78, 5) is 0. The summed E-state index contributed by atoms with van der Waals surface area (Å²) in [6, 6.07) is 1.41. The van der Waals surface area contributed by atoms with Crippen LogP contribution >= 0.6 is 0 Å². The number of hydrogen-bond donors (Lipinski definition) is 0. The van der Waals surface area contributed by atoms with E-state index in [0.717, 1.165) is 11.8 Å². The average molecular weight is 473 g/mol. The Morgan fingerprint density at radius 3 is 1.53 bits per heavy atom. The van der Waals surface area contributed by atoms with Crippen molar-refractivity contribution >= 4 is 5.71 Å². The van der Waals surface area contributed by atoms with Gasteiger partial charge in [0.05, 0.1) is 6.04 Å². The van der Waals surface area contributed by atoms with Crippen LogP contribution < -0.4 is 0 Å². The zero-order chi connectivity index (χ0) is 23.8. The molecular weight excluding hydrogens is 412 g/mol. The van der Waals surface area contributed by atoms with Crippen molar-refractivity contribution in [2.24, 2.45) is 16.9 Å². The van der Waals surface area contributed by atoms with E-state index >= 15 is 0 Å². The third-order valence-corrected chi connectivity index (χ3v) is 9.36. The van der Waals surface area contributed by atoms with Crippen molar-refractivity contribution in [3.8, 4) is 0 Å². The monoisotopic (exact) mass is 472 g/mol. The Bertz CT molecular complexity index is 519. The maximum Gasteiger partial charge on any atom is 0.0555 e. The molecule has 0 aromatic heterocycles. The molecule has 0 spiro atoms. The molecule has 0 aromatic carbocycles. The summed E-state index contributed by atoms with van der Waals surface area (Å²) in [6.45, 7) is 4.77. The van der Waals surface area contributed by atoms with E-state index in [1.807, 2.05) is 0 Å². The van der Waals surface area contributed by atoms with Gasteiger partial charge in [-0.3, -0.25) is 5.01 Å². The van der Waals surface area contributed by atoms with Crippen molar-refractivity contribution in [1.82, 2.24) is 5.01 Å². The van der Waals surface area contributed by atoms with Gasteiger partial charge >= 0.3 is 0 Å². The van der Waals surface area contributed by atoms with Crippen LogP contribution in [-0.4, -0.2) is 22.8 Å². The molecule has 34 heavy (non-hydrogen) atoms. The minimum atomic E-state index is 0.701. The predicted molar refractivity (Wildman–Crippen MR) is 151 cm³/mol. The Morgan fingerprint density at radius 2 is 1.03 bits per heavy atom. The van der Waals surface area contributed by atoms with E-state index in [4.69, 9.17) is 5.10 Å². The first kappa shape index (κ1) is 28.0. The van der Waals surface area contributed by atoms with Gasteiger partial charge in [-0.05, 0) is 44.4 Å². The SMILES string of the molecule is CCCCC1C(C2CCCCCCCCC2)=NN(C2CCCCCCCCCC2)C1CCCC. The van der Waals surface area contributed by atoms with Gasteiger partial charge in [0.25, 0.3) is 0 Å². The fourth-order valence-corrected chi connectivity index (χ4v) is 7.25. The Hall–Kier alpha value is -0.530. The first-order chi connectivity index (χ1) is 16.8. The Kier molecular flexibility index (Phi) is 14.0. The highest BCUT2D eigenvalue weighted by Gasteiger charge is 2.41. The fourth-order valence-electron chi connectivity index (χ4n) is 7.25. The lowest BCUT2D eigenvalue weighted by molar-refractivity contribution is 0.109. The van der Waals surface area contributed by atoms with Gasteiger partial charge in [0.1, 0.15) is 0 Å². The van der Waals surface area contributed by atoms with Crippen molar-refractivity contribution < 1.29 is 0 Å². The number of rotatable bonds is 8. The van der Waals surface area contributed by atoms with Gasteiger partial charge in [-0.25, -0.2) is 0 Å². The maximum absolute atomic E-state index is 5.73. The lowest BCUT2D eigenvalue weighted by atomic mass is 9.78. The van der Waals surface area contributed by atoms with Crippen LogP contribution in [0.1, 0.15) is 174 Å². The standard InChI is InChI=1S/C32H60N2/c1-3-5-26-30-31(27-6-4-2)34(29-24-20-16-12-7-8-13-17-21-25-29)33-32(30)28-22-18-14-10-9-11-15-19-23-28/h28-31H,3-27H2,1-2H3. The summed E-state index contributed by atoms with van der Waals surface area (Å²) in [6.07, 6.45) is 35.6. The molecule has 2 aliphatic carbocycles. The molecule has 2 fully saturated rings. The van der Waals surface area contributed by atoms with Gasteiger partial charge in [0, 0.05) is 17.7 Å². The van der Waals surface area contributed by atoms with Gasteiger partial charge in [0.2, 0.25) is 0 Å². The molecule has 0 amide bonds. The van der Waals surface area contributed by atoms with Crippen molar-refractivity contribution in [2.45, 2.75) is 186 Å². The summed E-state index contributed by atoms with van der Waals surface area (Å²) in [5, 5.41) is 8.51. The average Bonchev–Trinajstić information content (AvgIpc) is 3.18. The van der Waals surface area contributed by atoms with Crippen LogP contribution in [0.4, 0.5) is 0 Å². The number of hydrazone groups is 1. The summed E-state index contributed by atoms with van der Waals surface area (Å²) in [5.41, 5.74) is 1.68. The smallest absolute Gasteiger partial charge is 0.0555 e. The maximum atomic E-state index is 5.73. The summed E-state index contributed by atoms with van der Waals surface area (Å²) in [5.74, 6) is 1.52. The molecule has 3 rings (SSSR count). The summed E-state index contributed by atoms with van der Waals surface area (Å²) < 4.78 is 0. The Balaban J connectivity index is 1.82. The second-order valence-electron chi connectivity index (χ2n) is 12.2. The van der Waals surface area contributed by atoms with E-state index in [2.05, 4.69) is 18.9 Å². The lowest BCUT2D eigenvalue weighted by Crippen LogP contribution is -2.40. The minimum Gasteiger partial charge on any atom is -0.290 e. The molecule has 3 aliphatic rings. The fraction of sp³-hybridized carbons (Fsp3) is 0.969. The zero-order valence-electron chi connectivity index (χ0n) is 23.4. The molecule has 2 atom stereocenters.